The van der Waals surface area contributed by atoms with Crippen molar-refractivity contribution in [2.45, 2.75) is 32.6 Å². The van der Waals surface area contributed by atoms with E-state index in [9.17, 15) is 9.90 Å². The lowest BCUT2D eigenvalue weighted by molar-refractivity contribution is 0.0700. The van der Waals surface area contributed by atoms with Crippen LogP contribution in [0, 0.1) is 0 Å². The smallest absolute Gasteiger partial charge is 0.347 e. The molecule has 1 aromatic rings. The molecule has 0 atom stereocenters. The average molecular weight is 297 g/mol. The summed E-state index contributed by atoms with van der Waals surface area (Å²) in [6.07, 6.45) is 3.72. The number of carboxylic acids is 1. The van der Waals surface area contributed by atoms with Gasteiger partial charge in [0, 0.05) is 26.1 Å². The van der Waals surface area contributed by atoms with Gasteiger partial charge in [-0.15, -0.1) is 11.3 Å². The predicted molar refractivity (Wildman–Crippen MR) is 80.7 cm³/mol. The van der Waals surface area contributed by atoms with Gasteiger partial charge < -0.3 is 15.3 Å². The van der Waals surface area contributed by atoms with Gasteiger partial charge in [0.05, 0.1) is 10.7 Å². The Morgan fingerprint density at radius 3 is 3.00 bits per heavy atom. The number of aryl methyl sites for hydroxylation is 1. The topological polar surface area (TPSA) is 65.5 Å². The molecule has 0 aliphatic carbocycles. The number of aromatic carboxylic acids is 1. The summed E-state index contributed by atoms with van der Waals surface area (Å²) in [5, 5.41) is 13.6. The molecule has 1 saturated heterocycles. The second kappa shape index (κ2) is 7.71. The van der Waals surface area contributed by atoms with E-state index in [0.29, 0.717) is 4.88 Å². The van der Waals surface area contributed by atoms with Crippen LogP contribution in [0.5, 0.6) is 0 Å². The van der Waals surface area contributed by atoms with Gasteiger partial charge in [-0.1, -0.05) is 13.3 Å². The summed E-state index contributed by atoms with van der Waals surface area (Å²) in [6, 6.07) is 0. The van der Waals surface area contributed by atoms with Crippen LogP contribution in [0.4, 0.5) is 0 Å². The van der Waals surface area contributed by atoms with E-state index < -0.39 is 5.97 Å². The Balaban J connectivity index is 1.94. The monoisotopic (exact) mass is 297 g/mol. The van der Waals surface area contributed by atoms with Gasteiger partial charge >= 0.3 is 5.97 Å². The molecular weight excluding hydrogens is 274 g/mol. The Morgan fingerprint density at radius 2 is 2.25 bits per heavy atom. The molecule has 0 unspecified atom stereocenters. The van der Waals surface area contributed by atoms with Gasteiger partial charge in [-0.05, 0) is 25.9 Å². The normalized spacial score (nSPS) is 17.1. The summed E-state index contributed by atoms with van der Waals surface area (Å²) in [5.74, 6) is -0.837. The first kappa shape index (κ1) is 15.4. The summed E-state index contributed by atoms with van der Waals surface area (Å²) in [4.78, 5) is 18.6. The molecule has 2 heterocycles. The highest BCUT2D eigenvalue weighted by Gasteiger charge is 2.17. The van der Waals surface area contributed by atoms with Crippen molar-refractivity contribution in [2.24, 2.45) is 0 Å². The Hall–Kier alpha value is -0.980. The minimum absolute atomic E-state index is 0.430. The summed E-state index contributed by atoms with van der Waals surface area (Å²) < 4.78 is 0. The molecule has 1 aliphatic rings. The summed E-state index contributed by atoms with van der Waals surface area (Å²) in [5.41, 5.74) is 0.762. The van der Waals surface area contributed by atoms with E-state index in [4.69, 9.17) is 0 Å². The van der Waals surface area contributed by atoms with Crippen molar-refractivity contribution in [3.05, 3.63) is 15.6 Å². The standard InChI is InChI=1S/C14H23N3O2S/c1-2-4-11-13(14(18)19)20-12(16-11)5-9-17-8-3-6-15-7-10-17/h15H,2-10H2,1H3,(H,18,19). The molecule has 5 nitrogen and oxygen atoms in total. The SMILES string of the molecule is CCCc1nc(CCN2CCCNCC2)sc1C(=O)O. The zero-order valence-corrected chi connectivity index (χ0v) is 12.8. The first-order chi connectivity index (χ1) is 9.70. The fraction of sp³-hybridized carbons (Fsp3) is 0.714. The Morgan fingerprint density at radius 1 is 1.40 bits per heavy atom. The minimum Gasteiger partial charge on any atom is -0.477 e. The quantitative estimate of drug-likeness (QED) is 0.835. The fourth-order valence-electron chi connectivity index (χ4n) is 2.46. The second-order valence-corrected chi connectivity index (χ2v) is 6.22. The molecule has 0 radical (unpaired) electrons. The van der Waals surface area contributed by atoms with Crippen LogP contribution in [0.1, 0.15) is 40.1 Å². The number of rotatable bonds is 6. The van der Waals surface area contributed by atoms with Gasteiger partial charge in [0.2, 0.25) is 0 Å². The van der Waals surface area contributed by atoms with E-state index in [1.54, 1.807) is 0 Å². The second-order valence-electron chi connectivity index (χ2n) is 5.13. The van der Waals surface area contributed by atoms with Crippen molar-refractivity contribution in [1.82, 2.24) is 15.2 Å². The largest absolute Gasteiger partial charge is 0.477 e. The number of hydrogen-bond acceptors (Lipinski definition) is 5. The van der Waals surface area contributed by atoms with Crippen LogP contribution in [-0.2, 0) is 12.8 Å². The zero-order valence-electron chi connectivity index (χ0n) is 12.0. The lowest BCUT2D eigenvalue weighted by atomic mass is 10.2. The third-order valence-electron chi connectivity index (χ3n) is 3.50. The Kier molecular flexibility index (Phi) is 5.94. The van der Waals surface area contributed by atoms with E-state index in [1.807, 2.05) is 0 Å². The van der Waals surface area contributed by atoms with Crippen LogP contribution in [-0.4, -0.2) is 53.7 Å². The van der Waals surface area contributed by atoms with Gasteiger partial charge in [-0.2, -0.15) is 0 Å². The number of nitrogens with zero attached hydrogens (tertiary/aromatic N) is 2. The first-order valence-electron chi connectivity index (χ1n) is 7.35. The van der Waals surface area contributed by atoms with E-state index in [2.05, 4.69) is 22.1 Å². The molecule has 0 spiro atoms. The van der Waals surface area contributed by atoms with Gasteiger partial charge in [0.1, 0.15) is 4.88 Å². The Labute approximate surface area is 124 Å². The highest BCUT2D eigenvalue weighted by Crippen LogP contribution is 2.21. The first-order valence-corrected chi connectivity index (χ1v) is 8.17. The lowest BCUT2D eigenvalue weighted by Gasteiger charge is -2.18. The van der Waals surface area contributed by atoms with Crippen LogP contribution < -0.4 is 5.32 Å². The molecule has 1 aromatic heterocycles. The molecule has 1 fully saturated rings. The molecule has 2 rings (SSSR count). The van der Waals surface area contributed by atoms with Gasteiger partial charge in [-0.25, -0.2) is 9.78 Å². The molecule has 0 saturated carbocycles. The number of carboxylic acid groups (broad SMARTS) is 1. The van der Waals surface area contributed by atoms with Crippen LogP contribution in [0.25, 0.3) is 0 Å². The molecule has 0 aromatic carbocycles. The number of thiazole rings is 1. The maximum absolute atomic E-state index is 11.2. The fourth-order valence-corrected chi connectivity index (χ4v) is 3.40. The Bertz CT molecular complexity index is 440. The molecule has 0 amide bonds. The van der Waals surface area contributed by atoms with E-state index in [0.717, 1.165) is 62.7 Å². The van der Waals surface area contributed by atoms with E-state index in [-0.39, 0.29) is 0 Å². The van der Waals surface area contributed by atoms with Gasteiger partial charge in [0.15, 0.2) is 0 Å². The van der Waals surface area contributed by atoms with Crippen molar-refractivity contribution < 1.29 is 9.90 Å². The van der Waals surface area contributed by atoms with Crippen molar-refractivity contribution >= 4 is 17.3 Å². The summed E-state index contributed by atoms with van der Waals surface area (Å²) in [6.45, 7) is 7.34. The molecule has 6 heteroatoms. The molecular formula is C14H23N3O2S. The third kappa shape index (κ3) is 4.26. The molecule has 1 aliphatic heterocycles. The lowest BCUT2D eigenvalue weighted by Crippen LogP contribution is -2.30. The van der Waals surface area contributed by atoms with E-state index >= 15 is 0 Å². The van der Waals surface area contributed by atoms with Gasteiger partial charge in [0.25, 0.3) is 0 Å². The van der Waals surface area contributed by atoms with Crippen LogP contribution in [0.15, 0.2) is 0 Å². The number of aromatic nitrogens is 1. The van der Waals surface area contributed by atoms with Crippen LogP contribution in [0.3, 0.4) is 0 Å². The third-order valence-corrected chi connectivity index (χ3v) is 4.64. The molecule has 0 bridgehead atoms. The summed E-state index contributed by atoms with van der Waals surface area (Å²) in [7, 11) is 0. The van der Waals surface area contributed by atoms with Crippen molar-refractivity contribution in [2.75, 3.05) is 32.7 Å². The predicted octanol–water partition coefficient (Wildman–Crippen LogP) is 1.63. The number of carbonyl (C=O) groups is 1. The van der Waals surface area contributed by atoms with Gasteiger partial charge in [-0.3, -0.25) is 0 Å². The highest BCUT2D eigenvalue weighted by molar-refractivity contribution is 7.13. The molecule has 20 heavy (non-hydrogen) atoms. The maximum Gasteiger partial charge on any atom is 0.347 e. The van der Waals surface area contributed by atoms with Crippen molar-refractivity contribution in [3.8, 4) is 0 Å². The van der Waals surface area contributed by atoms with Crippen molar-refractivity contribution in [1.29, 1.82) is 0 Å². The molecule has 112 valence electrons. The number of hydrogen-bond donors (Lipinski definition) is 2. The maximum atomic E-state index is 11.2. The average Bonchev–Trinajstić information content (AvgIpc) is 2.66. The zero-order chi connectivity index (χ0) is 14.4. The van der Waals surface area contributed by atoms with Crippen LogP contribution >= 0.6 is 11.3 Å². The van der Waals surface area contributed by atoms with Crippen molar-refractivity contribution in [3.63, 3.8) is 0 Å². The highest BCUT2D eigenvalue weighted by atomic mass is 32.1. The molecule has 2 N–H and O–H groups in total. The summed E-state index contributed by atoms with van der Waals surface area (Å²) >= 11 is 1.35. The van der Waals surface area contributed by atoms with E-state index in [1.165, 1.54) is 17.8 Å². The minimum atomic E-state index is -0.837. The number of nitrogens with one attached hydrogen (secondary N) is 1. The van der Waals surface area contributed by atoms with Crippen LogP contribution in [0.2, 0.25) is 0 Å².